The van der Waals surface area contributed by atoms with Gasteiger partial charge in [-0.15, -0.1) is 0 Å². The maximum absolute atomic E-state index is 13.8. The minimum absolute atomic E-state index is 0.0546. The number of ether oxygens (including phenoxy) is 5. The van der Waals surface area contributed by atoms with Crippen molar-refractivity contribution in [3.05, 3.63) is 64.6 Å². The van der Waals surface area contributed by atoms with Gasteiger partial charge in [-0.25, -0.2) is 0 Å². The predicted octanol–water partition coefficient (Wildman–Crippen LogP) is 3.06. The quantitative estimate of drug-likeness (QED) is 0.406. The minimum atomic E-state index is -1.12. The molecule has 0 fully saturated rings. The highest BCUT2D eigenvalue weighted by Crippen LogP contribution is 2.53. The highest BCUT2D eigenvalue weighted by molar-refractivity contribution is 5.82. The molecule has 0 spiro atoms. The van der Waals surface area contributed by atoms with Gasteiger partial charge in [0.2, 0.25) is 18.4 Å². The third-order valence-electron chi connectivity index (χ3n) is 7.25. The normalized spacial score (nSPS) is 21.5. The number of hydrogen-bond donors (Lipinski definition) is 3. The second kappa shape index (κ2) is 10.5. The Morgan fingerprint density at radius 3 is 2.21 bits per heavy atom. The lowest BCUT2D eigenvalue weighted by atomic mass is 9.64. The lowest BCUT2D eigenvalue weighted by Gasteiger charge is -2.41. The Bertz CT molecular complexity index is 1310. The summed E-state index contributed by atoms with van der Waals surface area (Å²) in [6.07, 6.45) is -1.12. The Labute approximate surface area is 220 Å². The van der Waals surface area contributed by atoms with Gasteiger partial charge in [0.15, 0.2) is 23.0 Å². The molecule has 1 aliphatic heterocycles. The number of aliphatic hydroxyl groups excluding tert-OH is 2. The van der Waals surface area contributed by atoms with Crippen LogP contribution in [0, 0.1) is 18.8 Å². The number of nitrogens with one attached hydrogen (secondary N) is 1. The first-order valence-electron chi connectivity index (χ1n) is 12.2. The molecule has 0 bridgehead atoms. The molecule has 0 saturated carbocycles. The van der Waals surface area contributed by atoms with E-state index in [0.717, 1.165) is 5.76 Å². The zero-order valence-corrected chi connectivity index (χ0v) is 21.6. The molecule has 0 unspecified atom stereocenters. The summed E-state index contributed by atoms with van der Waals surface area (Å²) in [7, 11) is 4.55. The molecule has 202 valence electrons. The summed E-state index contributed by atoms with van der Waals surface area (Å²) >= 11 is 0. The molecule has 1 aromatic heterocycles. The van der Waals surface area contributed by atoms with E-state index in [1.807, 2.05) is 13.0 Å². The van der Waals surface area contributed by atoms with Gasteiger partial charge < -0.3 is 43.6 Å². The van der Waals surface area contributed by atoms with E-state index < -0.39 is 30.5 Å². The van der Waals surface area contributed by atoms with Crippen LogP contribution in [0.25, 0.3) is 0 Å². The van der Waals surface area contributed by atoms with Crippen LogP contribution in [-0.2, 0) is 11.3 Å². The first-order chi connectivity index (χ1) is 18.4. The van der Waals surface area contributed by atoms with Crippen LogP contribution in [0.3, 0.4) is 0 Å². The number of rotatable bonds is 8. The van der Waals surface area contributed by atoms with Crippen LogP contribution in [0.5, 0.6) is 28.7 Å². The van der Waals surface area contributed by atoms with Gasteiger partial charge in [-0.05, 0) is 60.0 Å². The van der Waals surface area contributed by atoms with E-state index in [0.29, 0.717) is 51.2 Å². The number of amides is 1. The molecule has 2 heterocycles. The average Bonchev–Trinajstić information content (AvgIpc) is 3.57. The summed E-state index contributed by atoms with van der Waals surface area (Å²) in [4.78, 5) is 13.8. The number of hydrogen-bond acceptors (Lipinski definition) is 9. The van der Waals surface area contributed by atoms with Gasteiger partial charge >= 0.3 is 0 Å². The number of carbonyl (C=O) groups is 1. The molecule has 0 saturated heterocycles. The molecule has 10 nitrogen and oxygen atoms in total. The van der Waals surface area contributed by atoms with Crippen LogP contribution < -0.4 is 29.0 Å². The van der Waals surface area contributed by atoms with E-state index >= 15 is 0 Å². The summed E-state index contributed by atoms with van der Waals surface area (Å²) in [5.41, 5.74) is 1.91. The summed E-state index contributed by atoms with van der Waals surface area (Å²) in [5.74, 6) is 0.964. The lowest BCUT2D eigenvalue weighted by Crippen LogP contribution is -2.45. The summed E-state index contributed by atoms with van der Waals surface area (Å²) in [6, 6.07) is 10.7. The van der Waals surface area contributed by atoms with Gasteiger partial charge in [-0.3, -0.25) is 4.79 Å². The SMILES string of the molecule is COc1cc([C@@H]2c3cc4c(cc3[C@H](O)[C@@H](CO)[C@@H]2C(=O)NCc2ccc(C)o2)OCO4)cc(OC)c1OC. The summed E-state index contributed by atoms with van der Waals surface area (Å²) in [5, 5.41) is 24.8. The van der Waals surface area contributed by atoms with Crippen LogP contribution in [0.15, 0.2) is 40.8 Å². The van der Waals surface area contributed by atoms with E-state index in [4.69, 9.17) is 28.1 Å². The number of aryl methyl sites for hydroxylation is 1. The zero-order valence-electron chi connectivity index (χ0n) is 21.6. The largest absolute Gasteiger partial charge is 0.493 e. The molecule has 3 aromatic rings. The van der Waals surface area contributed by atoms with E-state index in [-0.39, 0.29) is 19.2 Å². The Balaban J connectivity index is 1.66. The molecular weight excluding hydrogens is 494 g/mol. The highest BCUT2D eigenvalue weighted by Gasteiger charge is 2.47. The van der Waals surface area contributed by atoms with Crippen molar-refractivity contribution in [2.45, 2.75) is 25.5 Å². The molecule has 3 N–H and O–H groups in total. The maximum atomic E-state index is 13.8. The molecule has 5 rings (SSSR count). The van der Waals surface area contributed by atoms with Gasteiger partial charge in [0.05, 0.1) is 39.9 Å². The van der Waals surface area contributed by atoms with E-state index in [9.17, 15) is 15.0 Å². The Kier molecular flexibility index (Phi) is 7.09. The number of aliphatic hydroxyl groups is 2. The van der Waals surface area contributed by atoms with E-state index in [2.05, 4.69) is 5.32 Å². The van der Waals surface area contributed by atoms with Gasteiger partial charge in [-0.1, -0.05) is 0 Å². The van der Waals surface area contributed by atoms with Crippen LogP contribution >= 0.6 is 0 Å². The fourth-order valence-corrected chi connectivity index (χ4v) is 5.47. The van der Waals surface area contributed by atoms with E-state index in [1.165, 1.54) is 21.3 Å². The van der Waals surface area contributed by atoms with Gasteiger partial charge in [0.25, 0.3) is 0 Å². The zero-order chi connectivity index (χ0) is 27.0. The number of fused-ring (bicyclic) bond motifs is 2. The molecule has 38 heavy (non-hydrogen) atoms. The van der Waals surface area contributed by atoms with Crippen molar-refractivity contribution in [1.82, 2.24) is 5.32 Å². The monoisotopic (exact) mass is 525 g/mol. The van der Waals surface area contributed by atoms with Crippen LogP contribution in [0.2, 0.25) is 0 Å². The topological polar surface area (TPSA) is 129 Å². The lowest BCUT2D eigenvalue weighted by molar-refractivity contribution is -0.131. The second-order valence-corrected chi connectivity index (χ2v) is 9.32. The second-order valence-electron chi connectivity index (χ2n) is 9.32. The standard InChI is InChI=1S/C28H31NO9/c1-14-5-6-16(38-14)11-29-28(32)25-19(12-30)26(31)18-10-21-20(36-13-37-21)9-17(18)24(25)15-7-22(33-2)27(35-4)23(8-15)34-3/h5-10,19,24-26,30-31H,11-13H2,1-4H3,(H,29,32)/t19-,24+,25-,26-/m0/s1. The van der Waals surface area contributed by atoms with Crippen molar-refractivity contribution >= 4 is 5.91 Å². The van der Waals surface area contributed by atoms with Crippen molar-refractivity contribution in [2.24, 2.45) is 11.8 Å². The predicted molar refractivity (Wildman–Crippen MR) is 135 cm³/mol. The summed E-state index contributed by atoms with van der Waals surface area (Å²) < 4.78 is 33.5. The Morgan fingerprint density at radius 2 is 1.66 bits per heavy atom. The fourth-order valence-electron chi connectivity index (χ4n) is 5.47. The molecule has 1 amide bonds. The number of benzene rings is 2. The number of carbonyl (C=O) groups excluding carboxylic acids is 1. The Hall–Kier alpha value is -3.89. The molecule has 2 aliphatic rings. The van der Waals surface area contributed by atoms with Crippen molar-refractivity contribution in [3.63, 3.8) is 0 Å². The molecule has 10 heteroatoms. The first kappa shape index (κ1) is 25.7. The minimum Gasteiger partial charge on any atom is -0.493 e. The third kappa shape index (κ3) is 4.39. The van der Waals surface area contributed by atoms with Crippen molar-refractivity contribution in [2.75, 3.05) is 34.7 Å². The average molecular weight is 526 g/mol. The summed E-state index contributed by atoms with van der Waals surface area (Å²) in [6.45, 7) is 1.62. The highest BCUT2D eigenvalue weighted by atomic mass is 16.7. The molecule has 0 radical (unpaired) electrons. The molecule has 1 aliphatic carbocycles. The molecule has 2 aromatic carbocycles. The first-order valence-corrected chi connectivity index (χ1v) is 12.2. The Morgan fingerprint density at radius 1 is 1.00 bits per heavy atom. The van der Waals surface area contributed by atoms with Crippen molar-refractivity contribution < 1.29 is 43.1 Å². The third-order valence-corrected chi connectivity index (χ3v) is 7.25. The van der Waals surface area contributed by atoms with Gasteiger partial charge in [0, 0.05) is 18.4 Å². The number of furan rings is 1. The van der Waals surface area contributed by atoms with Gasteiger partial charge in [0.1, 0.15) is 11.5 Å². The van der Waals surface area contributed by atoms with Crippen LogP contribution in [0.4, 0.5) is 0 Å². The van der Waals surface area contributed by atoms with Crippen molar-refractivity contribution in [1.29, 1.82) is 0 Å². The molecular formula is C28H31NO9. The fraction of sp³-hybridized carbons (Fsp3) is 0.393. The van der Waals surface area contributed by atoms with E-state index in [1.54, 1.807) is 30.3 Å². The smallest absolute Gasteiger partial charge is 0.231 e. The maximum Gasteiger partial charge on any atom is 0.231 e. The molecule has 4 atom stereocenters. The number of methoxy groups -OCH3 is 3. The van der Waals surface area contributed by atoms with Crippen molar-refractivity contribution in [3.8, 4) is 28.7 Å². The van der Waals surface area contributed by atoms with Crippen LogP contribution in [0.1, 0.15) is 40.2 Å². The van der Waals surface area contributed by atoms with Gasteiger partial charge in [-0.2, -0.15) is 0 Å². The van der Waals surface area contributed by atoms with Crippen LogP contribution in [-0.4, -0.2) is 50.8 Å².